The van der Waals surface area contributed by atoms with E-state index in [1.54, 1.807) is 36.4 Å². The molecule has 0 spiro atoms. The molecule has 16 nitrogen and oxygen atoms in total. The van der Waals surface area contributed by atoms with E-state index in [2.05, 4.69) is 40.0 Å². The van der Waals surface area contributed by atoms with E-state index in [1.807, 2.05) is 24.3 Å². The van der Waals surface area contributed by atoms with Crippen LogP contribution in [0.1, 0.15) is 23.9 Å². The highest BCUT2D eigenvalue weighted by molar-refractivity contribution is 6.39. The van der Waals surface area contributed by atoms with Gasteiger partial charge < -0.3 is 46.7 Å². The number of carboxylic acid groups (broad SMARTS) is 2. The Hall–Kier alpha value is -5.49. The Morgan fingerprint density at radius 3 is 1.69 bits per heavy atom. The van der Waals surface area contributed by atoms with E-state index in [4.69, 9.17) is 91.3 Å². The zero-order valence-corrected chi connectivity index (χ0v) is 34.3. The number of esters is 1. The SMILES string of the molecule is COC(=O)CC(=O)O.Nc1cc(Cl)cc(Cl)c1N.O=C(Cc1nc2c(Cl)cc(Cl)cc2[nH]1)NCc1nc2ccccc2[nH]1.O=C(O)Cc1nc2c(Cl)cc(Cl)cc2[nH]1. The van der Waals surface area contributed by atoms with Crippen LogP contribution >= 0.6 is 69.6 Å². The van der Waals surface area contributed by atoms with Gasteiger partial charge in [0.1, 0.15) is 41.3 Å². The number of methoxy groups -OCH3 is 1. The normalized spacial score (nSPS) is 10.5. The molecule has 7 rings (SSSR count). The molecule has 22 heteroatoms. The molecule has 0 unspecified atom stereocenters. The van der Waals surface area contributed by atoms with Crippen LogP contribution in [-0.4, -0.2) is 71.0 Å². The number of nitrogen functional groups attached to an aromatic ring is 2. The number of carboxylic acids is 2. The highest BCUT2D eigenvalue weighted by Crippen LogP contribution is 2.29. The molecule has 0 saturated heterocycles. The minimum absolute atomic E-state index is 0.114. The van der Waals surface area contributed by atoms with Crippen LogP contribution in [0.3, 0.4) is 0 Å². The van der Waals surface area contributed by atoms with E-state index in [1.165, 1.54) is 0 Å². The van der Waals surface area contributed by atoms with Gasteiger partial charge in [-0.25, -0.2) is 15.0 Å². The van der Waals surface area contributed by atoms with E-state index in [9.17, 15) is 19.2 Å². The third-order valence-electron chi connectivity index (χ3n) is 7.30. The number of aromatic nitrogens is 6. The molecule has 3 heterocycles. The van der Waals surface area contributed by atoms with Gasteiger partial charge in [-0.05, 0) is 48.5 Å². The van der Waals surface area contributed by atoms with Crippen LogP contribution in [0.25, 0.3) is 33.1 Å². The van der Waals surface area contributed by atoms with E-state index >= 15 is 0 Å². The lowest BCUT2D eigenvalue weighted by Gasteiger charge is -2.01. The number of nitrogens with zero attached hydrogens (tertiary/aromatic N) is 3. The number of H-pyrrole nitrogens is 3. The van der Waals surface area contributed by atoms with Crippen molar-refractivity contribution in [2.75, 3.05) is 18.6 Å². The third-order valence-corrected chi connectivity index (χ3v) is 8.84. The Morgan fingerprint density at radius 1 is 0.672 bits per heavy atom. The number of fused-ring (bicyclic) bond motifs is 3. The Kier molecular flexibility index (Phi) is 16.2. The highest BCUT2D eigenvalue weighted by Gasteiger charge is 2.13. The minimum atomic E-state index is -1.17. The monoisotopic (exact) mass is 911 g/mol. The van der Waals surface area contributed by atoms with Gasteiger partial charge in [0.25, 0.3) is 0 Å². The number of aliphatic carboxylic acids is 2. The van der Waals surface area contributed by atoms with Crippen LogP contribution in [-0.2, 0) is 43.3 Å². The van der Waals surface area contributed by atoms with Gasteiger partial charge in [-0.3, -0.25) is 19.2 Å². The van der Waals surface area contributed by atoms with Crippen molar-refractivity contribution in [1.82, 2.24) is 35.2 Å². The number of amides is 1. The second-order valence-electron chi connectivity index (χ2n) is 11.7. The lowest BCUT2D eigenvalue weighted by Crippen LogP contribution is -2.25. The van der Waals surface area contributed by atoms with Gasteiger partial charge in [0.05, 0.1) is 68.6 Å². The van der Waals surface area contributed by atoms with Crippen molar-refractivity contribution >= 4 is 138 Å². The predicted molar refractivity (Wildman–Crippen MR) is 225 cm³/mol. The zero-order valence-electron chi connectivity index (χ0n) is 29.8. The summed E-state index contributed by atoms with van der Waals surface area (Å²) in [4.78, 5) is 64.2. The smallest absolute Gasteiger partial charge is 0.316 e. The average molecular weight is 914 g/mol. The van der Waals surface area contributed by atoms with Crippen LogP contribution in [0.2, 0.25) is 30.1 Å². The number of halogens is 6. The molecule has 4 aromatic carbocycles. The molecule has 0 radical (unpaired) electrons. The molecule has 0 fully saturated rings. The van der Waals surface area contributed by atoms with Crippen LogP contribution in [0.15, 0.2) is 60.7 Å². The van der Waals surface area contributed by atoms with Gasteiger partial charge >= 0.3 is 17.9 Å². The summed E-state index contributed by atoms with van der Waals surface area (Å²) in [5.74, 6) is -1.41. The van der Waals surface area contributed by atoms with Crippen LogP contribution in [0.5, 0.6) is 0 Å². The predicted octanol–water partition coefficient (Wildman–Crippen LogP) is 7.89. The molecule has 304 valence electrons. The molecule has 10 N–H and O–H groups in total. The largest absolute Gasteiger partial charge is 0.481 e. The average Bonchev–Trinajstić information content (AvgIpc) is 3.86. The molecule has 0 aliphatic carbocycles. The Balaban J connectivity index is 0.000000191. The fraction of sp³-hybridized carbons (Fsp3) is 0.139. The summed E-state index contributed by atoms with van der Waals surface area (Å²) in [6, 6.07) is 17.4. The molecule has 7 aromatic rings. The van der Waals surface area contributed by atoms with Crippen molar-refractivity contribution in [1.29, 1.82) is 0 Å². The molecule has 0 aliphatic rings. The molecule has 3 aromatic heterocycles. The quantitative estimate of drug-likeness (QED) is 0.0411. The molecule has 58 heavy (non-hydrogen) atoms. The van der Waals surface area contributed by atoms with Gasteiger partial charge in [0, 0.05) is 15.1 Å². The number of rotatable bonds is 8. The first-order valence-corrected chi connectivity index (χ1v) is 18.6. The summed E-state index contributed by atoms with van der Waals surface area (Å²) in [6.07, 6.45) is -0.609. The molecule has 0 atom stereocenters. The number of nitrogens with two attached hydrogens (primary N) is 2. The van der Waals surface area contributed by atoms with Crippen molar-refractivity contribution in [3.05, 3.63) is 108 Å². The maximum Gasteiger partial charge on any atom is 0.316 e. The first kappa shape index (κ1) is 45.2. The Morgan fingerprint density at radius 2 is 1.19 bits per heavy atom. The number of para-hydroxylation sites is 2. The van der Waals surface area contributed by atoms with Crippen molar-refractivity contribution in [3.63, 3.8) is 0 Å². The number of aromatic amines is 3. The van der Waals surface area contributed by atoms with Crippen LogP contribution in [0.4, 0.5) is 11.4 Å². The van der Waals surface area contributed by atoms with Gasteiger partial charge in [0.2, 0.25) is 5.91 Å². The molecule has 0 aliphatic heterocycles. The number of hydrogen-bond donors (Lipinski definition) is 8. The number of hydrogen-bond acceptors (Lipinski definition) is 10. The van der Waals surface area contributed by atoms with E-state index < -0.39 is 24.3 Å². The number of ether oxygens (including phenoxy) is 1. The molecule has 1 amide bonds. The fourth-order valence-corrected chi connectivity index (χ4v) is 6.36. The Bertz CT molecular complexity index is 2560. The summed E-state index contributed by atoms with van der Waals surface area (Å²) in [7, 11) is 1.14. The van der Waals surface area contributed by atoms with Gasteiger partial charge in [0.15, 0.2) is 0 Å². The molecular formula is C36H31Cl6N9O7. The summed E-state index contributed by atoms with van der Waals surface area (Å²) < 4.78 is 4.04. The standard InChI is InChI=1S/C17H13Cl2N5O.C9H6Cl2N2O2.C6H6Cl2N2.C4H6O4/c18-9-5-10(19)17-13(6-9)23-14(24-17)7-16(25)20-8-15-21-11-3-1-2-4-12(11)22-15;10-4-1-5(11)9-6(2-4)12-7(13-9)3-8(14)15;7-3-1-4(8)6(10)5(9)2-3;1-8-4(7)2-3(5)6/h1-6H,7-8H2,(H,20,25)(H,21,22)(H,23,24);1-2H,3H2,(H,12,13)(H,14,15);1-2H,9-10H2;2H2,1H3,(H,5,6). The van der Waals surface area contributed by atoms with E-state index in [0.717, 1.165) is 18.1 Å². The summed E-state index contributed by atoms with van der Waals surface area (Å²) >= 11 is 35.0. The maximum absolute atomic E-state index is 12.2. The van der Waals surface area contributed by atoms with Crippen LogP contribution < -0.4 is 16.8 Å². The number of anilines is 2. The van der Waals surface area contributed by atoms with Gasteiger partial charge in [-0.1, -0.05) is 81.7 Å². The summed E-state index contributed by atoms with van der Waals surface area (Å²) in [6.45, 7) is 0.320. The Labute approximate surface area is 358 Å². The third kappa shape index (κ3) is 13.3. The second kappa shape index (κ2) is 20.8. The second-order valence-corrected chi connectivity index (χ2v) is 14.2. The van der Waals surface area contributed by atoms with Gasteiger partial charge in [-0.2, -0.15) is 0 Å². The molecular weight excluding hydrogens is 883 g/mol. The summed E-state index contributed by atoms with van der Waals surface area (Å²) in [5, 5.41) is 22.1. The first-order valence-electron chi connectivity index (χ1n) is 16.3. The first-order chi connectivity index (χ1) is 27.4. The number of carbonyl (C=O) groups is 4. The number of benzene rings is 4. The lowest BCUT2D eigenvalue weighted by atomic mass is 10.3. The molecule has 0 bridgehead atoms. The molecule has 0 saturated carbocycles. The van der Waals surface area contributed by atoms with Crippen molar-refractivity contribution in [2.24, 2.45) is 0 Å². The van der Waals surface area contributed by atoms with Crippen molar-refractivity contribution < 1.29 is 34.1 Å². The number of imidazole rings is 3. The maximum atomic E-state index is 12.2. The summed E-state index contributed by atoms with van der Waals surface area (Å²) in [5.41, 5.74) is 16.0. The van der Waals surface area contributed by atoms with Crippen molar-refractivity contribution in [3.8, 4) is 0 Å². The zero-order chi connectivity index (χ0) is 42.7. The van der Waals surface area contributed by atoms with Crippen LogP contribution in [0, 0.1) is 0 Å². The van der Waals surface area contributed by atoms with E-state index in [0.29, 0.717) is 87.6 Å². The lowest BCUT2D eigenvalue weighted by molar-refractivity contribution is -0.149. The minimum Gasteiger partial charge on any atom is -0.481 e. The number of carbonyl (C=O) groups excluding carboxylic acids is 2. The van der Waals surface area contributed by atoms with Gasteiger partial charge in [-0.15, -0.1) is 0 Å². The fourth-order valence-electron chi connectivity index (χ4n) is 4.78. The van der Waals surface area contributed by atoms with E-state index in [-0.39, 0.29) is 18.7 Å². The number of nitrogens with one attached hydrogen (secondary N) is 4. The van der Waals surface area contributed by atoms with Crippen molar-refractivity contribution in [2.45, 2.75) is 25.8 Å². The topological polar surface area (TPSA) is 268 Å². The highest BCUT2D eigenvalue weighted by atomic mass is 35.5.